The van der Waals surface area contributed by atoms with Crippen molar-refractivity contribution in [1.82, 2.24) is 25.7 Å². The Bertz CT molecular complexity index is 700. The van der Waals surface area contributed by atoms with Gasteiger partial charge in [0.2, 0.25) is 5.89 Å². The molecular formula is C21H40N6O3. The molecule has 0 radical (unpaired) electrons. The number of nitrogens with one attached hydrogen (secondary N) is 2. The highest BCUT2D eigenvalue weighted by Gasteiger charge is 2.23. The number of rotatable bonds is 7. The van der Waals surface area contributed by atoms with Crippen molar-refractivity contribution < 1.29 is 14.1 Å². The zero-order valence-electron chi connectivity index (χ0n) is 20.3. The summed E-state index contributed by atoms with van der Waals surface area (Å²) in [6.45, 7) is 16.9. The Kier molecular flexibility index (Phi) is 9.11. The Morgan fingerprint density at radius 1 is 1.23 bits per heavy atom. The first kappa shape index (κ1) is 25.7. The standard InChI is InChI=1S/C21H40N6O3/c1-14(2)15(24-19(28)29-21(6,7)8)11-12-27(10)18(22-9)23-13-16-25-17(30-26-16)20(3,4)5/h14-15H,11-13H2,1-10H3,(H,22,23)(H,24,28). The summed E-state index contributed by atoms with van der Waals surface area (Å²) >= 11 is 0. The molecule has 0 aliphatic rings. The van der Waals surface area contributed by atoms with Crippen LogP contribution in [0.4, 0.5) is 4.79 Å². The molecule has 0 aliphatic carbocycles. The van der Waals surface area contributed by atoms with E-state index in [9.17, 15) is 4.79 Å². The summed E-state index contributed by atoms with van der Waals surface area (Å²) in [6.07, 6.45) is 0.364. The molecule has 1 heterocycles. The van der Waals surface area contributed by atoms with Gasteiger partial charge in [-0.3, -0.25) is 4.99 Å². The lowest BCUT2D eigenvalue weighted by Crippen LogP contribution is -2.45. The van der Waals surface area contributed by atoms with Crippen LogP contribution in [0.5, 0.6) is 0 Å². The van der Waals surface area contributed by atoms with Gasteiger partial charge >= 0.3 is 6.09 Å². The average Bonchev–Trinajstić information content (AvgIpc) is 3.06. The van der Waals surface area contributed by atoms with E-state index in [4.69, 9.17) is 9.26 Å². The second-order valence-corrected chi connectivity index (χ2v) is 9.87. The van der Waals surface area contributed by atoms with E-state index in [2.05, 4.69) is 39.6 Å². The number of guanidine groups is 1. The summed E-state index contributed by atoms with van der Waals surface area (Å²) < 4.78 is 10.7. The molecule has 9 heteroatoms. The van der Waals surface area contributed by atoms with Gasteiger partial charge in [0.25, 0.3) is 0 Å². The van der Waals surface area contributed by atoms with Crippen molar-refractivity contribution in [2.45, 2.75) is 85.4 Å². The molecule has 1 rings (SSSR count). The van der Waals surface area contributed by atoms with Crippen molar-refractivity contribution >= 4 is 12.1 Å². The van der Waals surface area contributed by atoms with Crippen LogP contribution in [0.3, 0.4) is 0 Å². The largest absolute Gasteiger partial charge is 0.444 e. The molecule has 30 heavy (non-hydrogen) atoms. The van der Waals surface area contributed by atoms with Crippen LogP contribution in [0.25, 0.3) is 0 Å². The number of carbonyl (C=O) groups is 1. The Balaban J connectivity index is 2.59. The molecule has 2 N–H and O–H groups in total. The number of nitrogens with zero attached hydrogens (tertiary/aromatic N) is 4. The van der Waals surface area contributed by atoms with E-state index in [1.165, 1.54) is 0 Å². The van der Waals surface area contributed by atoms with E-state index >= 15 is 0 Å². The van der Waals surface area contributed by atoms with E-state index in [0.717, 1.165) is 12.4 Å². The van der Waals surface area contributed by atoms with Crippen molar-refractivity contribution in [3.8, 4) is 0 Å². The first-order chi connectivity index (χ1) is 13.7. The molecule has 9 nitrogen and oxygen atoms in total. The monoisotopic (exact) mass is 424 g/mol. The predicted molar refractivity (Wildman–Crippen MR) is 118 cm³/mol. The number of alkyl carbamates (subject to hydrolysis) is 1. The summed E-state index contributed by atoms with van der Waals surface area (Å²) in [5, 5.41) is 10.3. The quantitative estimate of drug-likeness (QED) is 0.511. The number of aromatic nitrogens is 2. The molecule has 1 amide bonds. The normalized spacial score (nSPS) is 13.9. The van der Waals surface area contributed by atoms with Gasteiger partial charge in [-0.25, -0.2) is 4.79 Å². The van der Waals surface area contributed by atoms with Gasteiger partial charge < -0.3 is 24.8 Å². The number of carbonyl (C=O) groups excluding carboxylic acids is 1. The number of hydrogen-bond acceptors (Lipinski definition) is 6. The van der Waals surface area contributed by atoms with Crippen molar-refractivity contribution in [1.29, 1.82) is 0 Å². The molecule has 0 aromatic carbocycles. The van der Waals surface area contributed by atoms with Crippen LogP contribution in [0, 0.1) is 5.92 Å². The zero-order valence-corrected chi connectivity index (χ0v) is 20.3. The summed E-state index contributed by atoms with van der Waals surface area (Å²) in [4.78, 5) is 22.9. The van der Waals surface area contributed by atoms with E-state index < -0.39 is 11.7 Å². The van der Waals surface area contributed by atoms with Gasteiger partial charge in [0.15, 0.2) is 11.8 Å². The molecule has 1 unspecified atom stereocenters. The van der Waals surface area contributed by atoms with Gasteiger partial charge in [0, 0.05) is 32.1 Å². The van der Waals surface area contributed by atoms with Crippen LogP contribution < -0.4 is 10.6 Å². The highest BCUT2D eigenvalue weighted by Crippen LogP contribution is 2.19. The minimum absolute atomic E-state index is 0.00745. The van der Waals surface area contributed by atoms with Crippen LogP contribution in [-0.2, 0) is 16.7 Å². The minimum atomic E-state index is -0.517. The summed E-state index contributed by atoms with van der Waals surface area (Å²) in [7, 11) is 3.69. The van der Waals surface area contributed by atoms with Crippen molar-refractivity contribution in [3.63, 3.8) is 0 Å². The second kappa shape index (κ2) is 10.6. The number of amides is 1. The highest BCUT2D eigenvalue weighted by atomic mass is 16.6. The maximum absolute atomic E-state index is 12.1. The van der Waals surface area contributed by atoms with Gasteiger partial charge in [-0.05, 0) is 33.1 Å². The molecule has 0 bridgehead atoms. The topological polar surface area (TPSA) is 105 Å². The molecule has 0 aliphatic heterocycles. The first-order valence-electron chi connectivity index (χ1n) is 10.5. The van der Waals surface area contributed by atoms with Gasteiger partial charge in [0.05, 0.1) is 6.54 Å². The summed E-state index contributed by atoms with van der Waals surface area (Å²) in [5.41, 5.74) is -0.701. The van der Waals surface area contributed by atoms with Gasteiger partial charge in [-0.15, -0.1) is 0 Å². The summed E-state index contributed by atoms with van der Waals surface area (Å²) in [6, 6.07) is -0.00745. The highest BCUT2D eigenvalue weighted by molar-refractivity contribution is 5.79. The van der Waals surface area contributed by atoms with Crippen molar-refractivity contribution in [2.75, 3.05) is 20.6 Å². The fourth-order valence-corrected chi connectivity index (χ4v) is 2.64. The predicted octanol–water partition coefficient (Wildman–Crippen LogP) is 3.31. The lowest BCUT2D eigenvalue weighted by molar-refractivity contribution is 0.0486. The average molecular weight is 425 g/mol. The zero-order chi connectivity index (χ0) is 23.1. The molecule has 172 valence electrons. The van der Waals surface area contributed by atoms with Gasteiger partial charge in [-0.2, -0.15) is 4.98 Å². The van der Waals surface area contributed by atoms with Crippen LogP contribution in [0.15, 0.2) is 9.52 Å². The molecule has 0 saturated carbocycles. The number of ether oxygens (including phenoxy) is 1. The molecule has 0 fully saturated rings. The van der Waals surface area contributed by atoms with Crippen molar-refractivity contribution in [2.24, 2.45) is 10.9 Å². The third kappa shape index (κ3) is 9.00. The molecule has 1 atom stereocenters. The molecule has 1 aromatic rings. The molecule has 0 saturated heterocycles. The van der Waals surface area contributed by atoms with Crippen LogP contribution in [0.2, 0.25) is 0 Å². The van der Waals surface area contributed by atoms with E-state index in [1.54, 1.807) is 7.05 Å². The number of hydrogen-bond donors (Lipinski definition) is 2. The van der Waals surface area contributed by atoms with Crippen LogP contribution in [0.1, 0.15) is 73.5 Å². The third-order valence-electron chi connectivity index (χ3n) is 4.37. The lowest BCUT2D eigenvalue weighted by atomic mass is 9.97. The van der Waals surface area contributed by atoms with E-state index in [1.807, 2.05) is 53.5 Å². The fraction of sp³-hybridized carbons (Fsp3) is 0.810. The SMILES string of the molecule is CN=C(NCc1noc(C(C)(C)C)n1)N(C)CCC(NC(=O)OC(C)(C)C)C(C)C. The van der Waals surface area contributed by atoms with Crippen LogP contribution in [-0.4, -0.2) is 59.4 Å². The lowest BCUT2D eigenvalue weighted by Gasteiger charge is -2.28. The van der Waals surface area contributed by atoms with Crippen molar-refractivity contribution in [3.05, 3.63) is 11.7 Å². The second-order valence-electron chi connectivity index (χ2n) is 9.87. The maximum atomic E-state index is 12.1. The smallest absolute Gasteiger partial charge is 0.407 e. The Hall–Kier alpha value is -2.32. The Morgan fingerprint density at radius 3 is 2.33 bits per heavy atom. The number of aliphatic imine (C=N–C) groups is 1. The van der Waals surface area contributed by atoms with Crippen LogP contribution >= 0.6 is 0 Å². The first-order valence-corrected chi connectivity index (χ1v) is 10.5. The fourth-order valence-electron chi connectivity index (χ4n) is 2.64. The Labute approximate surface area is 181 Å². The molecular weight excluding hydrogens is 384 g/mol. The summed E-state index contributed by atoms with van der Waals surface area (Å²) in [5.74, 6) is 2.18. The van der Waals surface area contributed by atoms with Gasteiger partial charge in [-0.1, -0.05) is 39.8 Å². The Morgan fingerprint density at radius 2 is 1.87 bits per heavy atom. The minimum Gasteiger partial charge on any atom is -0.444 e. The van der Waals surface area contributed by atoms with Gasteiger partial charge in [0.1, 0.15) is 5.60 Å². The molecule has 1 aromatic heterocycles. The van der Waals surface area contributed by atoms with E-state index in [-0.39, 0.29) is 17.4 Å². The van der Waals surface area contributed by atoms with E-state index in [0.29, 0.717) is 24.8 Å². The molecule has 0 spiro atoms. The third-order valence-corrected chi connectivity index (χ3v) is 4.37. The maximum Gasteiger partial charge on any atom is 0.407 e.